The van der Waals surface area contributed by atoms with Gasteiger partial charge in [0, 0.05) is 47.0 Å². The van der Waals surface area contributed by atoms with Gasteiger partial charge in [-0.2, -0.15) is 10.2 Å². The molecule has 1 amide bonds. The third-order valence-corrected chi connectivity index (χ3v) is 10.8. The van der Waals surface area contributed by atoms with Crippen LogP contribution in [0, 0.1) is 5.92 Å². The normalized spacial score (nSPS) is 17.6. The predicted molar refractivity (Wildman–Crippen MR) is 220 cm³/mol. The third-order valence-electron chi connectivity index (χ3n) is 9.13. The van der Waals surface area contributed by atoms with Crippen molar-refractivity contribution in [2.75, 3.05) is 26.1 Å². The lowest BCUT2D eigenvalue weighted by Crippen LogP contribution is -2.56. The van der Waals surface area contributed by atoms with Crippen molar-refractivity contribution in [3.8, 4) is 5.75 Å². The van der Waals surface area contributed by atoms with Crippen molar-refractivity contribution in [3.05, 3.63) is 137 Å². The highest BCUT2D eigenvalue weighted by Crippen LogP contribution is 2.60. The fourth-order valence-corrected chi connectivity index (χ4v) is 8.28. The minimum atomic E-state index is -1.78. The van der Waals surface area contributed by atoms with E-state index in [4.69, 9.17) is 28.8 Å². The molecule has 4 aromatic carbocycles. The number of nitrogens with zero attached hydrogens (tertiary/aromatic N) is 3. The number of esters is 4. The number of rotatable bonds is 17. The molecular weight excluding hydrogens is 777 g/mol. The molecule has 5 atom stereocenters. The van der Waals surface area contributed by atoms with Crippen LogP contribution in [-0.2, 0) is 54.2 Å². The molecule has 0 spiro atoms. The van der Waals surface area contributed by atoms with Gasteiger partial charge < -0.3 is 33.9 Å². The van der Waals surface area contributed by atoms with E-state index in [-0.39, 0.29) is 5.70 Å². The van der Waals surface area contributed by atoms with Crippen LogP contribution in [0.2, 0.25) is 0 Å². The molecule has 0 aliphatic carbocycles. The van der Waals surface area contributed by atoms with E-state index >= 15 is 4.79 Å². The van der Waals surface area contributed by atoms with Gasteiger partial charge in [-0.3, -0.25) is 24.0 Å². The van der Waals surface area contributed by atoms with Gasteiger partial charge in [0.25, 0.3) is 0 Å². The minimum absolute atomic E-state index is 0.184. The van der Waals surface area contributed by atoms with Crippen LogP contribution in [0.15, 0.2) is 136 Å². The van der Waals surface area contributed by atoms with Crippen molar-refractivity contribution in [3.63, 3.8) is 0 Å². The highest BCUT2D eigenvalue weighted by molar-refractivity contribution is 8.04. The second-order valence-electron chi connectivity index (χ2n) is 13.5. The third kappa shape index (κ3) is 11.1. The highest BCUT2D eigenvalue weighted by Gasteiger charge is 2.63. The second-order valence-corrected chi connectivity index (χ2v) is 14.8. The Morgan fingerprint density at radius 2 is 1.31 bits per heavy atom. The molecule has 5 rings (SSSR count). The summed E-state index contributed by atoms with van der Waals surface area (Å²) in [4.78, 5) is 68.7. The van der Waals surface area contributed by atoms with Gasteiger partial charge in [0.05, 0.1) is 23.7 Å². The number of carbonyl (C=O) groups excluding carboxylic acids is 5. The predicted octanol–water partition coefficient (Wildman–Crippen LogP) is 7.34. The average molecular weight is 823 g/mol. The van der Waals surface area contributed by atoms with E-state index in [9.17, 15) is 19.2 Å². The molecule has 1 heterocycles. The average Bonchev–Trinajstić information content (AvgIpc) is 3.57. The van der Waals surface area contributed by atoms with Crippen LogP contribution < -0.4 is 10.1 Å². The number of amides is 1. The van der Waals surface area contributed by atoms with E-state index in [1.165, 1.54) is 7.11 Å². The molecule has 1 N–H and O–H groups in total. The minimum Gasteiger partial charge on any atom is -0.497 e. The Labute approximate surface area is 346 Å². The summed E-state index contributed by atoms with van der Waals surface area (Å²) in [5.41, 5.74) is 2.46. The Morgan fingerprint density at radius 1 is 0.729 bits per heavy atom. The molecule has 1 aliphatic heterocycles. The number of thioether (sulfide) groups is 1. The van der Waals surface area contributed by atoms with Crippen molar-refractivity contribution in [2.24, 2.45) is 16.1 Å². The number of anilines is 1. The zero-order chi connectivity index (χ0) is 42.5. The smallest absolute Gasteiger partial charge is 0.303 e. The first-order chi connectivity index (χ1) is 28.3. The summed E-state index contributed by atoms with van der Waals surface area (Å²) < 4.78 is 26.7. The number of ether oxygens (including phenoxy) is 5. The first-order valence-electron chi connectivity index (χ1n) is 18.6. The summed E-state index contributed by atoms with van der Waals surface area (Å²) in [5.74, 6) is -4.55. The number of methoxy groups -OCH3 is 1. The van der Waals surface area contributed by atoms with E-state index < -0.39 is 65.4 Å². The number of nitrogens with one attached hydrogen (secondary N) is 1. The Morgan fingerprint density at radius 3 is 1.86 bits per heavy atom. The van der Waals surface area contributed by atoms with Gasteiger partial charge in [0.15, 0.2) is 18.3 Å². The van der Waals surface area contributed by atoms with Gasteiger partial charge in [0.1, 0.15) is 22.8 Å². The van der Waals surface area contributed by atoms with Crippen molar-refractivity contribution in [1.82, 2.24) is 4.90 Å². The maximum atomic E-state index is 15.6. The topological polar surface area (TPSA) is 171 Å². The van der Waals surface area contributed by atoms with Gasteiger partial charge in [-0.05, 0) is 47.5 Å². The van der Waals surface area contributed by atoms with Crippen LogP contribution in [0.3, 0.4) is 0 Å². The Hall–Kier alpha value is -6.48. The summed E-state index contributed by atoms with van der Waals surface area (Å²) in [6, 6.07) is 34.1. The van der Waals surface area contributed by atoms with E-state index in [0.717, 1.165) is 45.0 Å². The fraction of sp³-hybridized carbons (Fsp3) is 0.295. The first-order valence-corrected chi connectivity index (χ1v) is 19.4. The summed E-state index contributed by atoms with van der Waals surface area (Å²) in [5, 5.41) is 13.0. The maximum Gasteiger partial charge on any atom is 0.303 e. The second kappa shape index (κ2) is 20.3. The van der Waals surface area contributed by atoms with Crippen LogP contribution in [0.4, 0.5) is 11.4 Å². The number of azo groups is 1. The lowest BCUT2D eigenvalue weighted by molar-refractivity contribution is -0.193. The molecule has 0 saturated heterocycles. The van der Waals surface area contributed by atoms with Crippen molar-refractivity contribution in [1.29, 1.82) is 0 Å². The molecule has 0 unspecified atom stereocenters. The van der Waals surface area contributed by atoms with Gasteiger partial charge in [-0.1, -0.05) is 90.6 Å². The lowest BCUT2D eigenvalue weighted by atomic mass is 9.76. The van der Waals surface area contributed by atoms with Crippen LogP contribution in [0.5, 0.6) is 5.75 Å². The van der Waals surface area contributed by atoms with Crippen LogP contribution >= 0.6 is 11.8 Å². The molecule has 4 aromatic rings. The number of hydrogen-bond acceptors (Lipinski definition) is 14. The molecule has 0 fully saturated rings. The van der Waals surface area contributed by atoms with E-state index in [1.54, 1.807) is 78.9 Å². The molecule has 15 heteroatoms. The van der Waals surface area contributed by atoms with Crippen LogP contribution in [0.25, 0.3) is 0 Å². The summed E-state index contributed by atoms with van der Waals surface area (Å²) >= 11 is 1.15. The van der Waals surface area contributed by atoms with Crippen LogP contribution in [0.1, 0.15) is 38.8 Å². The zero-order valence-electron chi connectivity index (χ0n) is 33.5. The molecule has 308 valence electrons. The largest absolute Gasteiger partial charge is 0.497 e. The van der Waals surface area contributed by atoms with Crippen molar-refractivity contribution >= 4 is 52.9 Å². The quantitative estimate of drug-likeness (QED) is 0.0640. The van der Waals surface area contributed by atoms with Crippen molar-refractivity contribution < 1.29 is 47.7 Å². The lowest BCUT2D eigenvalue weighted by Gasteiger charge is -2.41. The van der Waals surface area contributed by atoms with Crippen LogP contribution in [-0.4, -0.2) is 73.8 Å². The summed E-state index contributed by atoms with van der Waals surface area (Å²) in [7, 11) is 3.36. The van der Waals surface area contributed by atoms with Gasteiger partial charge >= 0.3 is 23.9 Å². The molecule has 59 heavy (non-hydrogen) atoms. The van der Waals surface area contributed by atoms with E-state index in [2.05, 4.69) is 10.4 Å². The highest BCUT2D eigenvalue weighted by atomic mass is 32.2. The molecule has 0 radical (unpaired) electrons. The van der Waals surface area contributed by atoms with E-state index in [1.807, 2.05) is 48.3 Å². The molecule has 0 bridgehead atoms. The Bertz CT molecular complexity index is 2150. The number of benzene rings is 4. The summed E-state index contributed by atoms with van der Waals surface area (Å²) in [6.07, 6.45) is -4.83. The standard InChI is InChI=1S/C44H46N4O10S/c1-28(49)55-27-37(56-29(2)50)40(57-30(3)51)41(58-31(4)52)38-39(47-46-35-20-14-9-15-21-35)42(48(5)26-32-16-10-7-11-17-32)59-44(38,33-18-12-8-13-19-33)43(53)45-34-22-24-36(54-6)25-23-34/h7-25,37-38,40-41H,26-27H2,1-6H3,(H,45,53)/t37-,38-,40+,41-,44+/m1/s1. The van der Waals surface area contributed by atoms with E-state index in [0.29, 0.717) is 34.3 Å². The Kier molecular flexibility index (Phi) is 15.0. The molecule has 0 aromatic heterocycles. The Balaban J connectivity index is 1.87. The first kappa shape index (κ1) is 43.6. The van der Waals surface area contributed by atoms with Gasteiger partial charge in [0.2, 0.25) is 5.91 Å². The summed E-state index contributed by atoms with van der Waals surface area (Å²) in [6.45, 7) is 4.33. The van der Waals surface area contributed by atoms with Crippen molar-refractivity contribution in [2.45, 2.75) is 57.3 Å². The molecular formula is C44H46N4O10S. The zero-order valence-corrected chi connectivity index (χ0v) is 34.3. The maximum absolute atomic E-state index is 15.6. The van der Waals surface area contributed by atoms with Gasteiger partial charge in [-0.25, -0.2) is 0 Å². The SMILES string of the molecule is COc1ccc(NC(=O)[C@@]2(c3ccccc3)SC(N(C)Cc3ccccc3)=C(N=Nc3ccccc3)[C@@H]2[C@@H](OC(C)=O)[C@@H](OC(C)=O)[C@@H](COC(C)=O)OC(C)=O)cc1. The fourth-order valence-electron chi connectivity index (χ4n) is 6.71. The van der Waals surface area contributed by atoms with Gasteiger partial charge in [-0.15, -0.1) is 0 Å². The monoisotopic (exact) mass is 822 g/mol. The molecule has 0 saturated carbocycles. The number of carbonyl (C=O) groups is 5. The molecule has 14 nitrogen and oxygen atoms in total. The molecule has 1 aliphatic rings. The number of hydrogen-bond donors (Lipinski definition) is 1.